The van der Waals surface area contributed by atoms with Gasteiger partial charge < -0.3 is 4.74 Å². The first-order valence-electron chi connectivity index (χ1n) is 4.84. The van der Waals surface area contributed by atoms with Gasteiger partial charge in [0.05, 0.1) is 0 Å². The van der Waals surface area contributed by atoms with Crippen molar-refractivity contribution >= 4 is 23.6 Å². The van der Waals surface area contributed by atoms with Gasteiger partial charge in [-0.05, 0) is 32.4 Å². The lowest BCUT2D eigenvalue weighted by molar-refractivity contribution is -0.123. The molecule has 0 atom stereocenters. The lowest BCUT2D eigenvalue weighted by Crippen LogP contribution is -2.44. The molecule has 0 rings (SSSR count). The van der Waals surface area contributed by atoms with Gasteiger partial charge in [-0.1, -0.05) is 0 Å². The van der Waals surface area contributed by atoms with Crippen molar-refractivity contribution in [1.29, 1.82) is 0 Å². The van der Waals surface area contributed by atoms with Gasteiger partial charge in [0.25, 0.3) is 0 Å². The fourth-order valence-corrected chi connectivity index (χ4v) is 0.837. The Labute approximate surface area is 103 Å². The predicted octanol–water partition coefficient (Wildman–Crippen LogP) is 2.15. The van der Waals surface area contributed by atoms with Gasteiger partial charge in [0, 0.05) is 12.8 Å². The van der Waals surface area contributed by atoms with Crippen LogP contribution < -0.4 is 10.9 Å². The fourth-order valence-electron chi connectivity index (χ4n) is 0.742. The average Bonchev–Trinajstić information content (AvgIpc) is 2.07. The van der Waals surface area contributed by atoms with E-state index in [1.807, 2.05) is 10.9 Å². The fraction of sp³-hybridized carbons (Fsp3) is 0.778. The molecule has 0 unspecified atom stereocenters. The molecule has 0 saturated carbocycles. The maximum absolute atomic E-state index is 12.2. The summed E-state index contributed by atoms with van der Waals surface area (Å²) in [4.78, 5) is 22.0. The highest BCUT2D eigenvalue weighted by molar-refractivity contribution is 6.21. The van der Waals surface area contributed by atoms with Crippen molar-refractivity contribution in [3.05, 3.63) is 0 Å². The second kappa shape index (κ2) is 6.00. The van der Waals surface area contributed by atoms with Crippen molar-refractivity contribution in [2.75, 3.05) is 0 Å². The Hall–Kier alpha value is -1.11. The molecule has 0 radical (unpaired) electrons. The highest BCUT2D eigenvalue weighted by Crippen LogP contribution is 2.24. The standard InChI is InChI=1S/C9H15ClF2N2O3/c1-8(2,3)17-7(16)14-13-6(15)4-5-9(10,11)12/h4-5H2,1-3H3,(H,13,15)(H,14,16). The van der Waals surface area contributed by atoms with Crippen LogP contribution in [0.3, 0.4) is 0 Å². The van der Waals surface area contributed by atoms with Crippen LogP contribution >= 0.6 is 11.6 Å². The molecule has 0 aromatic rings. The van der Waals surface area contributed by atoms with Gasteiger partial charge in [0.15, 0.2) is 0 Å². The molecule has 0 aromatic carbocycles. The first kappa shape index (κ1) is 15.9. The summed E-state index contributed by atoms with van der Waals surface area (Å²) < 4.78 is 29.1. The summed E-state index contributed by atoms with van der Waals surface area (Å²) in [5.74, 6) is -0.781. The van der Waals surface area contributed by atoms with Gasteiger partial charge >= 0.3 is 11.5 Å². The van der Waals surface area contributed by atoms with E-state index >= 15 is 0 Å². The molecule has 2 amide bonds. The van der Waals surface area contributed by atoms with Gasteiger partial charge in [0.1, 0.15) is 5.60 Å². The zero-order valence-electron chi connectivity index (χ0n) is 9.77. The van der Waals surface area contributed by atoms with E-state index < -0.39 is 35.8 Å². The second-order valence-corrected chi connectivity index (χ2v) is 4.84. The van der Waals surface area contributed by atoms with E-state index in [1.54, 1.807) is 20.8 Å². The number of carbonyl (C=O) groups is 2. The molecule has 100 valence electrons. The number of amides is 2. The van der Waals surface area contributed by atoms with Crippen LogP contribution in [0.4, 0.5) is 13.6 Å². The van der Waals surface area contributed by atoms with Crippen molar-refractivity contribution in [2.45, 2.75) is 44.6 Å². The van der Waals surface area contributed by atoms with Crippen molar-refractivity contribution in [3.63, 3.8) is 0 Å². The number of hydrazine groups is 1. The molecule has 2 N–H and O–H groups in total. The van der Waals surface area contributed by atoms with E-state index in [9.17, 15) is 18.4 Å². The van der Waals surface area contributed by atoms with Crippen molar-refractivity contribution in [2.24, 2.45) is 0 Å². The Morgan fingerprint density at radius 2 is 1.76 bits per heavy atom. The highest BCUT2D eigenvalue weighted by Gasteiger charge is 2.25. The minimum atomic E-state index is -3.43. The van der Waals surface area contributed by atoms with Crippen LogP contribution in [0, 0.1) is 0 Å². The minimum Gasteiger partial charge on any atom is -0.443 e. The highest BCUT2D eigenvalue weighted by atomic mass is 35.5. The van der Waals surface area contributed by atoms with Crippen molar-refractivity contribution < 1.29 is 23.1 Å². The largest absolute Gasteiger partial charge is 0.443 e. The van der Waals surface area contributed by atoms with Crippen molar-refractivity contribution in [3.8, 4) is 0 Å². The van der Waals surface area contributed by atoms with Crippen LogP contribution in [0.15, 0.2) is 0 Å². The zero-order chi connectivity index (χ0) is 13.7. The molecule has 17 heavy (non-hydrogen) atoms. The quantitative estimate of drug-likeness (QED) is 0.611. The van der Waals surface area contributed by atoms with Crippen LogP contribution in [0.2, 0.25) is 0 Å². The summed E-state index contributed by atoms with van der Waals surface area (Å²) in [5, 5.41) is -3.43. The molecule has 0 aliphatic carbocycles. The van der Waals surface area contributed by atoms with E-state index in [1.165, 1.54) is 0 Å². The maximum atomic E-state index is 12.2. The number of nitrogens with one attached hydrogen (secondary N) is 2. The number of ether oxygens (including phenoxy) is 1. The van der Waals surface area contributed by atoms with E-state index in [2.05, 4.69) is 11.6 Å². The summed E-state index contributed by atoms with van der Waals surface area (Å²) in [6.07, 6.45) is -2.19. The topological polar surface area (TPSA) is 67.4 Å². The molecular formula is C9H15ClF2N2O3. The number of alkyl halides is 3. The molecule has 0 heterocycles. The molecule has 0 aliphatic rings. The molecule has 0 fully saturated rings. The monoisotopic (exact) mass is 272 g/mol. The number of rotatable bonds is 3. The van der Waals surface area contributed by atoms with Gasteiger partial charge in [0.2, 0.25) is 5.91 Å². The van der Waals surface area contributed by atoms with Gasteiger partial charge in [-0.3, -0.25) is 10.2 Å². The Kier molecular flexibility index (Phi) is 5.60. The maximum Gasteiger partial charge on any atom is 0.426 e. The molecule has 0 aliphatic heterocycles. The number of hydrogen-bond acceptors (Lipinski definition) is 3. The van der Waals surface area contributed by atoms with E-state index in [4.69, 9.17) is 4.74 Å². The van der Waals surface area contributed by atoms with Gasteiger partial charge in [-0.25, -0.2) is 10.2 Å². The molecule has 0 bridgehead atoms. The van der Waals surface area contributed by atoms with E-state index in [-0.39, 0.29) is 0 Å². The third-order valence-electron chi connectivity index (χ3n) is 1.34. The van der Waals surface area contributed by atoms with E-state index in [0.717, 1.165) is 0 Å². The van der Waals surface area contributed by atoms with Crippen LogP contribution in [0.5, 0.6) is 0 Å². The zero-order valence-corrected chi connectivity index (χ0v) is 10.5. The molecule has 0 spiro atoms. The summed E-state index contributed by atoms with van der Waals surface area (Å²) >= 11 is 4.60. The summed E-state index contributed by atoms with van der Waals surface area (Å²) in [7, 11) is 0. The van der Waals surface area contributed by atoms with Gasteiger partial charge in [-0.15, -0.1) is 0 Å². The normalized spacial score (nSPS) is 11.9. The van der Waals surface area contributed by atoms with E-state index in [0.29, 0.717) is 0 Å². The van der Waals surface area contributed by atoms with Crippen molar-refractivity contribution in [1.82, 2.24) is 10.9 Å². The Morgan fingerprint density at radius 1 is 1.24 bits per heavy atom. The third-order valence-corrected chi connectivity index (χ3v) is 1.53. The predicted molar refractivity (Wildman–Crippen MR) is 57.5 cm³/mol. The lowest BCUT2D eigenvalue weighted by atomic mass is 10.2. The van der Waals surface area contributed by atoms with Gasteiger partial charge in [-0.2, -0.15) is 8.78 Å². The van der Waals surface area contributed by atoms with Crippen LogP contribution in [-0.2, 0) is 9.53 Å². The molecule has 8 heteroatoms. The SMILES string of the molecule is CC(C)(C)OC(=O)NNC(=O)CCC(F)(F)Cl. The average molecular weight is 273 g/mol. The number of hydrogen-bond donors (Lipinski definition) is 2. The van der Waals surface area contributed by atoms with Crippen LogP contribution in [0.25, 0.3) is 0 Å². The minimum absolute atomic E-state index is 0.508. The summed E-state index contributed by atoms with van der Waals surface area (Å²) in [6.45, 7) is 4.92. The Morgan fingerprint density at radius 3 is 2.18 bits per heavy atom. The molecule has 5 nitrogen and oxygen atoms in total. The Bertz CT molecular complexity index is 287. The first-order chi connectivity index (χ1) is 7.49. The number of halogens is 3. The summed E-state index contributed by atoms with van der Waals surface area (Å²) in [5.41, 5.74) is 3.14. The third kappa shape index (κ3) is 11.2. The first-order valence-corrected chi connectivity index (χ1v) is 5.22. The molecule has 0 aromatic heterocycles. The Balaban J connectivity index is 3.82. The molecular weight excluding hydrogens is 258 g/mol. The number of carbonyl (C=O) groups excluding carboxylic acids is 2. The summed E-state index contributed by atoms with van der Waals surface area (Å²) in [6, 6.07) is 0. The van der Waals surface area contributed by atoms with Crippen LogP contribution in [-0.4, -0.2) is 23.0 Å². The van der Waals surface area contributed by atoms with Crippen LogP contribution in [0.1, 0.15) is 33.6 Å². The second-order valence-electron chi connectivity index (χ2n) is 4.29. The lowest BCUT2D eigenvalue weighted by Gasteiger charge is -2.19. The molecule has 0 saturated heterocycles. The smallest absolute Gasteiger partial charge is 0.426 e.